The molecule has 0 saturated heterocycles. The van der Waals surface area contributed by atoms with E-state index in [0.29, 0.717) is 12.2 Å². The Bertz CT molecular complexity index is 954. The van der Waals surface area contributed by atoms with Crippen LogP contribution in [0.4, 0.5) is 0 Å². The van der Waals surface area contributed by atoms with Crippen molar-refractivity contribution in [3.05, 3.63) is 78.4 Å². The molecule has 0 aliphatic heterocycles. The van der Waals surface area contributed by atoms with E-state index in [-0.39, 0.29) is 12.1 Å². The first-order valence-corrected chi connectivity index (χ1v) is 13.3. The molecule has 0 radical (unpaired) electrons. The number of esters is 1. The number of nitrogens with one attached hydrogen (secondary N) is 1. The molecule has 0 aliphatic carbocycles. The van der Waals surface area contributed by atoms with Crippen LogP contribution >= 0.6 is 30.7 Å². The third-order valence-electron chi connectivity index (χ3n) is 4.64. The van der Waals surface area contributed by atoms with Gasteiger partial charge in [0.2, 0.25) is 0 Å². The van der Waals surface area contributed by atoms with Crippen LogP contribution in [0, 0.1) is 0 Å². The molecule has 1 N–H and O–H groups in total. The largest absolute Gasteiger partial charge is 0.457 e. The summed E-state index contributed by atoms with van der Waals surface area (Å²) in [5.41, 5.74) is 0.953. The molecule has 4 nitrogen and oxygen atoms in total. The number of rotatable bonds is 10. The van der Waals surface area contributed by atoms with Crippen LogP contribution in [-0.4, -0.2) is 24.0 Å². The van der Waals surface area contributed by atoms with Crippen molar-refractivity contribution < 1.29 is 14.1 Å². The Balaban J connectivity index is 1.66. The molecule has 3 aromatic rings. The van der Waals surface area contributed by atoms with Crippen LogP contribution in [-0.2, 0) is 9.53 Å². The summed E-state index contributed by atoms with van der Waals surface area (Å²) in [6.45, 7) is 1.87. The maximum atomic E-state index is 12.8. The van der Waals surface area contributed by atoms with Crippen LogP contribution < -0.4 is 9.61 Å². The lowest BCUT2D eigenvalue weighted by molar-refractivity contribution is -0.150. The van der Waals surface area contributed by atoms with E-state index in [1.165, 1.54) is 0 Å². The van der Waals surface area contributed by atoms with E-state index in [1.807, 2.05) is 86.0 Å². The molecule has 0 aliphatic rings. The van der Waals surface area contributed by atoms with Crippen molar-refractivity contribution in [1.29, 1.82) is 0 Å². The number of carbonyl (C=O) groups is 1. The molecule has 3 rings (SSSR count). The average molecular weight is 462 g/mol. The second-order valence-corrected chi connectivity index (χ2v) is 9.60. The number of carbonyl (C=O) groups excluding carboxylic acids is 1. The number of thioether (sulfide) groups is 1. The standard InChI is InChI=1S/C23H25ClNO3PS/c1-17(18-9-4-3-5-10-18)27-23(26)21(15-16-30-2)25-29(24)28-22-14-8-12-19-11-6-7-13-20(19)22/h3-14,17,21,25H,15-16H2,1-2H3/t17?,21-,29?/m0/s1. The molecule has 3 atom stereocenters. The molecule has 7 heteroatoms. The summed E-state index contributed by atoms with van der Waals surface area (Å²) in [5, 5.41) is 5.20. The first-order chi connectivity index (χ1) is 14.6. The normalized spacial score (nSPS) is 14.1. The van der Waals surface area contributed by atoms with Crippen molar-refractivity contribution in [3.63, 3.8) is 0 Å². The van der Waals surface area contributed by atoms with Crippen molar-refractivity contribution in [3.8, 4) is 5.75 Å². The van der Waals surface area contributed by atoms with Crippen molar-refractivity contribution >= 4 is 47.4 Å². The smallest absolute Gasteiger partial charge is 0.324 e. The fourth-order valence-electron chi connectivity index (χ4n) is 3.03. The number of fused-ring (bicyclic) bond motifs is 1. The molecule has 158 valence electrons. The van der Waals surface area contributed by atoms with Crippen molar-refractivity contribution in [2.75, 3.05) is 12.0 Å². The molecule has 0 saturated carbocycles. The predicted molar refractivity (Wildman–Crippen MR) is 128 cm³/mol. The molecule has 0 spiro atoms. The predicted octanol–water partition coefficient (Wildman–Crippen LogP) is 6.70. The molecule has 0 aromatic heterocycles. The summed E-state index contributed by atoms with van der Waals surface area (Å²) >= 11 is 8.18. The minimum atomic E-state index is -1.59. The van der Waals surface area contributed by atoms with Crippen LogP contribution in [0.2, 0.25) is 0 Å². The van der Waals surface area contributed by atoms with Gasteiger partial charge in [0.05, 0.1) is 0 Å². The van der Waals surface area contributed by atoms with Crippen molar-refractivity contribution in [2.24, 2.45) is 0 Å². The number of hydrogen-bond acceptors (Lipinski definition) is 5. The van der Waals surface area contributed by atoms with E-state index in [9.17, 15) is 4.79 Å². The Labute approximate surface area is 188 Å². The van der Waals surface area contributed by atoms with Gasteiger partial charge in [-0.25, -0.2) is 5.09 Å². The zero-order chi connectivity index (χ0) is 21.3. The number of ether oxygens (including phenoxy) is 1. The van der Waals surface area contributed by atoms with Gasteiger partial charge in [0.15, 0.2) is 0 Å². The van der Waals surface area contributed by atoms with Gasteiger partial charge in [0.25, 0.3) is 7.65 Å². The molecule has 30 heavy (non-hydrogen) atoms. The molecule has 0 fully saturated rings. The van der Waals surface area contributed by atoms with Gasteiger partial charge in [-0.2, -0.15) is 11.8 Å². The van der Waals surface area contributed by atoms with Crippen LogP contribution in [0.5, 0.6) is 5.75 Å². The SMILES string of the molecule is CSCC[C@H](NP(Cl)Oc1cccc2ccccc12)C(=O)OC(C)c1ccccc1. The van der Waals surface area contributed by atoms with Gasteiger partial charge in [-0.05, 0) is 53.6 Å². The Morgan fingerprint density at radius 2 is 1.77 bits per heavy atom. The average Bonchev–Trinajstić information content (AvgIpc) is 2.77. The molecular formula is C23H25ClNO3PS. The maximum absolute atomic E-state index is 12.8. The molecule has 0 amide bonds. The summed E-state index contributed by atoms with van der Waals surface area (Å²) in [6.07, 6.45) is 2.27. The number of hydrogen-bond donors (Lipinski definition) is 1. The van der Waals surface area contributed by atoms with Crippen LogP contribution in [0.3, 0.4) is 0 Å². The molecule has 2 unspecified atom stereocenters. The van der Waals surface area contributed by atoms with Crippen LogP contribution in [0.25, 0.3) is 10.8 Å². The van der Waals surface area contributed by atoms with Gasteiger partial charge < -0.3 is 9.26 Å². The number of halogens is 1. The molecular weight excluding hydrogens is 437 g/mol. The fraction of sp³-hybridized carbons (Fsp3) is 0.261. The van der Waals surface area contributed by atoms with Gasteiger partial charge in [-0.3, -0.25) is 4.79 Å². The third kappa shape index (κ3) is 6.36. The van der Waals surface area contributed by atoms with Gasteiger partial charge in [0.1, 0.15) is 17.9 Å². The summed E-state index contributed by atoms with van der Waals surface area (Å²) in [7, 11) is -1.59. The first kappa shape index (κ1) is 22.9. The van der Waals surface area contributed by atoms with Crippen LogP contribution in [0.15, 0.2) is 72.8 Å². The minimum Gasteiger partial charge on any atom is -0.457 e. The summed E-state index contributed by atoms with van der Waals surface area (Å²) in [6, 6.07) is 22.9. The van der Waals surface area contributed by atoms with E-state index in [4.69, 9.17) is 20.5 Å². The molecule has 0 heterocycles. The Morgan fingerprint density at radius 1 is 1.07 bits per heavy atom. The summed E-state index contributed by atoms with van der Waals surface area (Å²) in [5.74, 6) is 1.17. The first-order valence-electron chi connectivity index (χ1n) is 9.70. The van der Waals surface area contributed by atoms with Crippen LogP contribution in [0.1, 0.15) is 25.0 Å². The quantitative estimate of drug-likeness (QED) is 0.269. The minimum absolute atomic E-state index is 0.324. The highest BCUT2D eigenvalue weighted by Crippen LogP contribution is 2.42. The molecule has 0 bridgehead atoms. The van der Waals surface area contributed by atoms with Gasteiger partial charge >= 0.3 is 5.97 Å². The van der Waals surface area contributed by atoms with E-state index in [2.05, 4.69) is 5.09 Å². The second-order valence-electron chi connectivity index (χ2n) is 6.77. The van der Waals surface area contributed by atoms with E-state index < -0.39 is 13.7 Å². The number of benzene rings is 3. The van der Waals surface area contributed by atoms with Gasteiger partial charge in [-0.15, -0.1) is 0 Å². The van der Waals surface area contributed by atoms with Gasteiger partial charge in [-0.1, -0.05) is 66.7 Å². The lowest BCUT2D eigenvalue weighted by atomic mass is 10.1. The molecule has 3 aromatic carbocycles. The van der Waals surface area contributed by atoms with E-state index >= 15 is 0 Å². The highest BCUT2D eigenvalue weighted by atomic mass is 35.7. The lowest BCUT2D eigenvalue weighted by Gasteiger charge is -2.23. The topological polar surface area (TPSA) is 47.6 Å². The maximum Gasteiger partial charge on any atom is 0.324 e. The summed E-state index contributed by atoms with van der Waals surface area (Å²) < 4.78 is 11.7. The van der Waals surface area contributed by atoms with Crippen molar-refractivity contribution in [1.82, 2.24) is 5.09 Å². The fourth-order valence-corrected chi connectivity index (χ4v) is 4.94. The van der Waals surface area contributed by atoms with E-state index in [0.717, 1.165) is 22.1 Å². The zero-order valence-electron chi connectivity index (χ0n) is 17.0. The highest BCUT2D eigenvalue weighted by Gasteiger charge is 2.26. The Kier molecular flexibility index (Phi) is 8.83. The monoisotopic (exact) mass is 461 g/mol. The third-order valence-corrected chi connectivity index (χ3v) is 6.66. The Hall–Kier alpha value is -1.78. The zero-order valence-corrected chi connectivity index (χ0v) is 19.4. The van der Waals surface area contributed by atoms with Gasteiger partial charge in [0, 0.05) is 5.39 Å². The van der Waals surface area contributed by atoms with E-state index in [1.54, 1.807) is 11.8 Å². The summed E-state index contributed by atoms with van der Waals surface area (Å²) in [4.78, 5) is 12.8. The Morgan fingerprint density at radius 3 is 2.53 bits per heavy atom. The van der Waals surface area contributed by atoms with Crippen molar-refractivity contribution in [2.45, 2.75) is 25.5 Å². The second kappa shape index (κ2) is 11.6. The lowest BCUT2D eigenvalue weighted by Crippen LogP contribution is -2.36. The highest BCUT2D eigenvalue weighted by molar-refractivity contribution is 7.98.